The minimum Gasteiger partial charge on any atom is -0.441 e. The molecule has 1 amide bonds. The van der Waals surface area contributed by atoms with E-state index in [2.05, 4.69) is 15.0 Å². The number of halogens is 3. The van der Waals surface area contributed by atoms with Gasteiger partial charge in [-0.3, -0.25) is 4.79 Å². The summed E-state index contributed by atoms with van der Waals surface area (Å²) in [5.41, 5.74) is 1.19. The number of nitrogens with zero attached hydrogens (tertiary/aromatic N) is 1. The van der Waals surface area contributed by atoms with Crippen molar-refractivity contribution in [1.82, 2.24) is 10.3 Å². The molecule has 3 rings (SSSR count). The van der Waals surface area contributed by atoms with Gasteiger partial charge >= 0.3 is 6.61 Å². The fourth-order valence-corrected chi connectivity index (χ4v) is 2.80. The first-order valence-electron chi connectivity index (χ1n) is 8.52. The largest absolute Gasteiger partial charge is 0.441 e. The first kappa shape index (κ1) is 19.8. The number of benzene rings is 2. The zero-order valence-corrected chi connectivity index (χ0v) is 15.5. The van der Waals surface area contributed by atoms with Crippen LogP contribution in [-0.4, -0.2) is 17.5 Å². The summed E-state index contributed by atoms with van der Waals surface area (Å²) in [6, 6.07) is 13.5. The van der Waals surface area contributed by atoms with Crippen molar-refractivity contribution in [3.63, 3.8) is 0 Å². The molecule has 0 spiro atoms. The van der Waals surface area contributed by atoms with E-state index in [9.17, 15) is 13.6 Å². The minimum absolute atomic E-state index is 0.0369. The van der Waals surface area contributed by atoms with Gasteiger partial charge in [0.25, 0.3) is 0 Å². The van der Waals surface area contributed by atoms with Crippen LogP contribution in [0.5, 0.6) is 5.75 Å². The zero-order valence-electron chi connectivity index (χ0n) is 14.7. The van der Waals surface area contributed by atoms with Gasteiger partial charge in [0, 0.05) is 30.5 Å². The highest BCUT2D eigenvalue weighted by molar-refractivity contribution is 6.33. The van der Waals surface area contributed by atoms with Gasteiger partial charge in [0.1, 0.15) is 5.75 Å². The Morgan fingerprint density at radius 1 is 1.18 bits per heavy atom. The van der Waals surface area contributed by atoms with Crippen molar-refractivity contribution in [3.05, 3.63) is 71.2 Å². The number of hydrogen-bond donors (Lipinski definition) is 1. The lowest BCUT2D eigenvalue weighted by atomic mass is 10.2. The van der Waals surface area contributed by atoms with Gasteiger partial charge in [0.2, 0.25) is 5.91 Å². The molecule has 0 radical (unpaired) electrons. The summed E-state index contributed by atoms with van der Waals surface area (Å²) in [4.78, 5) is 16.2. The van der Waals surface area contributed by atoms with Gasteiger partial charge in [-0.2, -0.15) is 8.78 Å². The Kier molecular flexibility index (Phi) is 6.60. The Morgan fingerprint density at radius 3 is 2.71 bits per heavy atom. The third kappa shape index (κ3) is 5.29. The molecule has 0 aliphatic rings. The Morgan fingerprint density at radius 2 is 1.93 bits per heavy atom. The van der Waals surface area contributed by atoms with Crippen LogP contribution in [0.25, 0.3) is 11.3 Å². The van der Waals surface area contributed by atoms with Crippen LogP contribution in [0, 0.1) is 0 Å². The summed E-state index contributed by atoms with van der Waals surface area (Å²) >= 11 is 6.13. The molecule has 2 aromatic carbocycles. The molecule has 0 saturated heterocycles. The standard InChI is InChI=1S/C20H17ClF2N2O3/c21-15-7-3-2-6-14(15)17-12-25-19(27-17)10-9-18(26)24-11-13-5-1-4-8-16(13)28-20(22)23/h1-8,12,20H,9-11H2,(H,24,26). The molecule has 0 bridgehead atoms. The number of rotatable bonds is 8. The second-order valence-corrected chi connectivity index (χ2v) is 6.27. The molecule has 8 heteroatoms. The molecular weight excluding hydrogens is 390 g/mol. The van der Waals surface area contributed by atoms with E-state index >= 15 is 0 Å². The van der Waals surface area contributed by atoms with Gasteiger partial charge in [0.15, 0.2) is 11.7 Å². The fourth-order valence-electron chi connectivity index (χ4n) is 2.57. The third-order valence-corrected chi connectivity index (χ3v) is 4.25. The average molecular weight is 407 g/mol. The van der Waals surface area contributed by atoms with Crippen molar-refractivity contribution in [2.45, 2.75) is 26.0 Å². The molecule has 0 unspecified atom stereocenters. The molecule has 0 fully saturated rings. The van der Waals surface area contributed by atoms with Crippen LogP contribution in [0.2, 0.25) is 5.02 Å². The smallest absolute Gasteiger partial charge is 0.387 e. The highest BCUT2D eigenvalue weighted by Crippen LogP contribution is 2.28. The van der Waals surface area contributed by atoms with Crippen LogP contribution in [0.15, 0.2) is 59.1 Å². The number of ether oxygens (including phenoxy) is 1. The third-order valence-electron chi connectivity index (χ3n) is 3.92. The number of oxazole rings is 1. The zero-order chi connectivity index (χ0) is 19.9. The Bertz CT molecular complexity index is 946. The molecule has 28 heavy (non-hydrogen) atoms. The molecule has 0 aliphatic heterocycles. The van der Waals surface area contributed by atoms with Crippen molar-refractivity contribution in [3.8, 4) is 17.1 Å². The van der Waals surface area contributed by atoms with E-state index in [1.165, 1.54) is 6.07 Å². The van der Waals surface area contributed by atoms with Crippen LogP contribution in [0.1, 0.15) is 17.9 Å². The molecular formula is C20H17ClF2N2O3. The highest BCUT2D eigenvalue weighted by atomic mass is 35.5. The van der Waals surface area contributed by atoms with E-state index < -0.39 is 6.61 Å². The summed E-state index contributed by atoms with van der Waals surface area (Å²) in [5, 5.41) is 3.22. The lowest BCUT2D eigenvalue weighted by Crippen LogP contribution is -2.23. The first-order chi connectivity index (χ1) is 13.5. The Hall–Kier alpha value is -2.93. The van der Waals surface area contributed by atoms with Crippen LogP contribution in [0.3, 0.4) is 0 Å². The minimum atomic E-state index is -2.92. The lowest BCUT2D eigenvalue weighted by molar-refractivity contribution is -0.121. The van der Waals surface area contributed by atoms with Gasteiger partial charge in [0.05, 0.1) is 11.2 Å². The average Bonchev–Trinajstić information content (AvgIpc) is 3.14. The number of para-hydroxylation sites is 1. The van der Waals surface area contributed by atoms with E-state index in [-0.39, 0.29) is 24.6 Å². The molecule has 3 aromatic rings. The summed E-state index contributed by atoms with van der Waals surface area (Å²) in [5.74, 6) is 0.713. The summed E-state index contributed by atoms with van der Waals surface area (Å²) in [7, 11) is 0. The number of amides is 1. The van der Waals surface area contributed by atoms with E-state index in [0.717, 1.165) is 5.56 Å². The van der Waals surface area contributed by atoms with Crippen LogP contribution >= 0.6 is 11.6 Å². The number of nitrogens with one attached hydrogen (secondary N) is 1. The quantitative estimate of drug-likeness (QED) is 0.581. The van der Waals surface area contributed by atoms with Crippen molar-refractivity contribution in [2.75, 3.05) is 0 Å². The van der Waals surface area contributed by atoms with E-state index in [1.807, 2.05) is 18.2 Å². The van der Waals surface area contributed by atoms with Crippen molar-refractivity contribution in [1.29, 1.82) is 0 Å². The van der Waals surface area contributed by atoms with E-state index in [1.54, 1.807) is 30.5 Å². The van der Waals surface area contributed by atoms with Crippen LogP contribution in [0.4, 0.5) is 8.78 Å². The summed E-state index contributed by atoms with van der Waals surface area (Å²) in [6.07, 6.45) is 2.00. The first-order valence-corrected chi connectivity index (χ1v) is 8.89. The van der Waals surface area contributed by atoms with Gasteiger partial charge in [-0.1, -0.05) is 41.9 Å². The normalized spacial score (nSPS) is 10.9. The maximum absolute atomic E-state index is 12.4. The Labute approximate surface area is 165 Å². The lowest BCUT2D eigenvalue weighted by Gasteiger charge is -2.11. The highest BCUT2D eigenvalue weighted by Gasteiger charge is 2.12. The second kappa shape index (κ2) is 9.32. The number of alkyl halides is 2. The molecule has 1 aromatic heterocycles. The Balaban J connectivity index is 1.52. The van der Waals surface area contributed by atoms with Crippen LogP contribution < -0.4 is 10.1 Å². The monoisotopic (exact) mass is 406 g/mol. The molecule has 5 nitrogen and oxygen atoms in total. The molecule has 0 aliphatic carbocycles. The number of hydrogen-bond acceptors (Lipinski definition) is 4. The molecule has 0 saturated carbocycles. The molecule has 1 N–H and O–H groups in total. The summed E-state index contributed by atoms with van der Waals surface area (Å²) in [6.45, 7) is -2.84. The fraction of sp³-hybridized carbons (Fsp3) is 0.200. The maximum Gasteiger partial charge on any atom is 0.387 e. The van der Waals surface area contributed by atoms with Gasteiger partial charge in [-0.05, 0) is 18.2 Å². The van der Waals surface area contributed by atoms with Gasteiger partial charge in [-0.25, -0.2) is 4.98 Å². The molecule has 0 atom stereocenters. The van der Waals surface area contributed by atoms with Gasteiger partial charge in [-0.15, -0.1) is 0 Å². The molecule has 146 valence electrons. The number of carbonyl (C=O) groups is 1. The van der Waals surface area contributed by atoms with Crippen LogP contribution in [-0.2, 0) is 17.8 Å². The van der Waals surface area contributed by atoms with Crippen molar-refractivity contribution in [2.24, 2.45) is 0 Å². The van der Waals surface area contributed by atoms with E-state index in [0.29, 0.717) is 28.7 Å². The van der Waals surface area contributed by atoms with Crippen molar-refractivity contribution < 1.29 is 22.7 Å². The topological polar surface area (TPSA) is 64.4 Å². The summed E-state index contributed by atoms with van der Waals surface area (Å²) < 4.78 is 34.9. The second-order valence-electron chi connectivity index (χ2n) is 5.86. The number of aromatic nitrogens is 1. The number of carbonyl (C=O) groups excluding carboxylic acids is 1. The predicted octanol–water partition coefficient (Wildman–Crippen LogP) is 4.85. The maximum atomic E-state index is 12.4. The predicted molar refractivity (Wildman–Crippen MR) is 100 cm³/mol. The van der Waals surface area contributed by atoms with Crippen molar-refractivity contribution >= 4 is 17.5 Å². The van der Waals surface area contributed by atoms with E-state index in [4.69, 9.17) is 16.0 Å². The SMILES string of the molecule is O=C(CCc1ncc(-c2ccccc2Cl)o1)NCc1ccccc1OC(F)F. The van der Waals surface area contributed by atoms with Gasteiger partial charge < -0.3 is 14.5 Å². The number of aryl methyl sites for hydroxylation is 1. The molecule has 1 heterocycles.